The Morgan fingerprint density at radius 3 is 2.42 bits per heavy atom. The summed E-state index contributed by atoms with van der Waals surface area (Å²) in [5.41, 5.74) is 0.329. The first-order valence-corrected chi connectivity index (χ1v) is 12.8. The van der Waals surface area contributed by atoms with E-state index in [1.54, 1.807) is 78.4 Å². The summed E-state index contributed by atoms with van der Waals surface area (Å²) in [6.07, 6.45) is 2.99. The molecule has 0 aromatic carbocycles. The zero-order valence-electron chi connectivity index (χ0n) is 19.9. The Labute approximate surface area is 202 Å². The maximum Gasteiger partial charge on any atom is 0.413 e. The van der Waals surface area contributed by atoms with Gasteiger partial charge in [0.05, 0.1) is 5.69 Å². The number of ether oxygens (including phenoxy) is 1. The van der Waals surface area contributed by atoms with Crippen molar-refractivity contribution >= 4 is 51.0 Å². The molecule has 3 amide bonds. The van der Waals surface area contributed by atoms with E-state index in [9.17, 15) is 14.4 Å². The number of nitrogens with zero attached hydrogens (tertiary/aromatic N) is 2. The van der Waals surface area contributed by atoms with Gasteiger partial charge in [-0.1, -0.05) is 27.7 Å². The Morgan fingerprint density at radius 2 is 1.79 bits per heavy atom. The first-order chi connectivity index (χ1) is 15.3. The molecule has 9 nitrogen and oxygen atoms in total. The quantitative estimate of drug-likeness (QED) is 0.463. The average Bonchev–Trinajstić information content (AvgIpc) is 3.05. The van der Waals surface area contributed by atoms with Crippen molar-refractivity contribution in [3.05, 3.63) is 41.9 Å². The summed E-state index contributed by atoms with van der Waals surface area (Å²) >= 11 is 0. The number of hydrogen-bond acceptors (Lipinski definition) is 7. The van der Waals surface area contributed by atoms with Crippen molar-refractivity contribution in [1.29, 1.82) is 0 Å². The molecule has 0 spiro atoms. The second kappa shape index (κ2) is 11.0. The molecular weight excluding hydrogens is 462 g/mol. The smallest absolute Gasteiger partial charge is 0.413 e. The van der Waals surface area contributed by atoms with E-state index in [1.807, 2.05) is 6.26 Å². The first kappa shape index (κ1) is 26.6. The number of pyridine rings is 1. The van der Waals surface area contributed by atoms with Crippen LogP contribution in [0.5, 0.6) is 0 Å². The SMILES string of the molecule is CSSC(C)(C)CNC(=O)c1cc(NC(=O)c2cccc(NC(=O)OC(C)(C)C)n2)cn1C. The van der Waals surface area contributed by atoms with E-state index in [4.69, 9.17) is 4.74 Å². The van der Waals surface area contributed by atoms with Gasteiger partial charge in [-0.05, 0) is 59.1 Å². The minimum atomic E-state index is -0.662. The fraction of sp³-hybridized carbons (Fsp3) is 0.455. The van der Waals surface area contributed by atoms with Gasteiger partial charge in [-0.3, -0.25) is 14.9 Å². The maximum atomic E-state index is 12.7. The third kappa shape index (κ3) is 8.65. The minimum absolute atomic E-state index is 0.106. The van der Waals surface area contributed by atoms with E-state index < -0.39 is 17.6 Å². The lowest BCUT2D eigenvalue weighted by Crippen LogP contribution is -2.36. The number of nitrogens with one attached hydrogen (secondary N) is 3. The molecule has 0 bridgehead atoms. The Kier molecular flexibility index (Phi) is 8.84. The number of hydrogen-bond donors (Lipinski definition) is 3. The Hall–Kier alpha value is -2.66. The largest absolute Gasteiger partial charge is 0.444 e. The second-order valence-corrected chi connectivity index (χ2v) is 12.0. The van der Waals surface area contributed by atoms with Gasteiger partial charge in [0.2, 0.25) is 0 Å². The van der Waals surface area contributed by atoms with Crippen molar-refractivity contribution < 1.29 is 19.1 Å². The maximum absolute atomic E-state index is 12.7. The Balaban J connectivity index is 2.03. The number of carbonyl (C=O) groups is 3. The van der Waals surface area contributed by atoms with Crippen molar-refractivity contribution in [3.63, 3.8) is 0 Å². The molecule has 0 unspecified atom stereocenters. The lowest BCUT2D eigenvalue weighted by atomic mass is 10.2. The second-order valence-electron chi connectivity index (χ2n) is 8.91. The number of carbonyl (C=O) groups excluding carboxylic acids is 3. The molecule has 180 valence electrons. The summed E-state index contributed by atoms with van der Waals surface area (Å²) in [5, 5.41) is 8.17. The Morgan fingerprint density at radius 1 is 1.09 bits per heavy atom. The average molecular weight is 494 g/mol. The lowest BCUT2D eigenvalue weighted by Gasteiger charge is -2.22. The molecule has 11 heteroatoms. The molecule has 0 atom stereocenters. The molecule has 0 saturated carbocycles. The molecule has 0 aliphatic rings. The summed E-state index contributed by atoms with van der Waals surface area (Å²) in [6.45, 7) is 9.88. The third-order valence-corrected chi connectivity index (χ3v) is 6.71. The van der Waals surface area contributed by atoms with Gasteiger partial charge in [0.15, 0.2) is 0 Å². The van der Waals surface area contributed by atoms with Gasteiger partial charge in [-0.15, -0.1) is 0 Å². The number of aryl methyl sites for hydroxylation is 1. The summed E-state index contributed by atoms with van der Waals surface area (Å²) in [6, 6.07) is 6.29. The van der Waals surface area contributed by atoms with E-state index in [0.717, 1.165) is 0 Å². The zero-order chi connectivity index (χ0) is 24.8. The molecule has 33 heavy (non-hydrogen) atoms. The van der Waals surface area contributed by atoms with Gasteiger partial charge >= 0.3 is 6.09 Å². The van der Waals surface area contributed by atoms with Crippen LogP contribution in [0.4, 0.5) is 16.3 Å². The predicted molar refractivity (Wildman–Crippen MR) is 135 cm³/mol. The predicted octanol–water partition coefficient (Wildman–Crippen LogP) is 4.54. The molecular formula is C22H31N5O4S2. The van der Waals surface area contributed by atoms with Gasteiger partial charge < -0.3 is 19.9 Å². The van der Waals surface area contributed by atoms with Gasteiger partial charge in [-0.25, -0.2) is 9.78 Å². The fourth-order valence-corrected chi connectivity index (χ4v) is 4.84. The summed E-state index contributed by atoms with van der Waals surface area (Å²) in [7, 11) is 5.07. The van der Waals surface area contributed by atoms with E-state index >= 15 is 0 Å². The number of rotatable bonds is 8. The highest BCUT2D eigenvalue weighted by molar-refractivity contribution is 8.76. The summed E-state index contributed by atoms with van der Waals surface area (Å²) in [4.78, 5) is 41.4. The van der Waals surface area contributed by atoms with E-state index in [1.165, 1.54) is 6.07 Å². The standard InChI is InChI=1S/C22H31N5O4S2/c1-21(2,3)31-20(30)26-17-10-8-9-15(25-17)18(28)24-14-11-16(27(6)12-14)19(29)23-13-22(4,5)33-32-7/h8-12H,13H2,1-7H3,(H,23,29)(H,24,28)(H,25,26,30). The molecule has 0 aliphatic heterocycles. The van der Waals surface area contributed by atoms with Crippen LogP contribution in [-0.2, 0) is 11.8 Å². The van der Waals surface area contributed by atoms with Crippen LogP contribution >= 0.6 is 21.6 Å². The Bertz CT molecular complexity index is 1010. The highest BCUT2D eigenvalue weighted by Crippen LogP contribution is 2.32. The molecule has 2 aromatic heterocycles. The van der Waals surface area contributed by atoms with E-state index in [0.29, 0.717) is 17.9 Å². The molecule has 3 N–H and O–H groups in total. The van der Waals surface area contributed by atoms with Crippen molar-refractivity contribution in [2.24, 2.45) is 7.05 Å². The zero-order valence-corrected chi connectivity index (χ0v) is 21.6. The minimum Gasteiger partial charge on any atom is -0.444 e. The monoisotopic (exact) mass is 493 g/mol. The normalized spacial score (nSPS) is 11.6. The van der Waals surface area contributed by atoms with Crippen molar-refractivity contribution in [2.75, 3.05) is 23.4 Å². The van der Waals surface area contributed by atoms with Crippen LogP contribution in [0.15, 0.2) is 30.5 Å². The van der Waals surface area contributed by atoms with E-state index in [2.05, 4.69) is 34.8 Å². The third-order valence-electron chi connectivity index (χ3n) is 4.09. The number of anilines is 2. The van der Waals surface area contributed by atoms with Crippen molar-refractivity contribution in [2.45, 2.75) is 45.0 Å². The number of aromatic nitrogens is 2. The van der Waals surface area contributed by atoms with Gasteiger partial charge in [0.25, 0.3) is 11.8 Å². The molecule has 2 rings (SSSR count). The highest BCUT2D eigenvalue weighted by atomic mass is 33.1. The molecule has 2 aromatic rings. The first-order valence-electron chi connectivity index (χ1n) is 10.2. The van der Waals surface area contributed by atoms with Gasteiger partial charge in [-0.2, -0.15) is 0 Å². The van der Waals surface area contributed by atoms with Crippen LogP contribution in [0.2, 0.25) is 0 Å². The van der Waals surface area contributed by atoms with Crippen molar-refractivity contribution in [3.8, 4) is 0 Å². The van der Waals surface area contributed by atoms with Gasteiger partial charge in [0.1, 0.15) is 22.8 Å². The van der Waals surface area contributed by atoms with Crippen LogP contribution in [0.1, 0.15) is 55.6 Å². The van der Waals surface area contributed by atoms with Gasteiger partial charge in [0, 0.05) is 24.5 Å². The summed E-state index contributed by atoms with van der Waals surface area (Å²) in [5.74, 6) is -0.511. The molecule has 0 radical (unpaired) electrons. The number of amides is 3. The topological polar surface area (TPSA) is 114 Å². The van der Waals surface area contributed by atoms with Crippen LogP contribution in [-0.4, -0.2) is 50.6 Å². The summed E-state index contributed by atoms with van der Waals surface area (Å²) < 4.78 is 6.73. The van der Waals surface area contributed by atoms with E-state index in [-0.39, 0.29) is 22.2 Å². The van der Waals surface area contributed by atoms with Crippen LogP contribution in [0.3, 0.4) is 0 Å². The fourth-order valence-electron chi connectivity index (χ4n) is 2.73. The molecule has 0 fully saturated rings. The highest BCUT2D eigenvalue weighted by Gasteiger charge is 2.21. The van der Waals surface area contributed by atoms with Crippen LogP contribution < -0.4 is 16.0 Å². The van der Waals surface area contributed by atoms with Crippen molar-refractivity contribution in [1.82, 2.24) is 14.9 Å². The molecule has 0 aliphatic carbocycles. The molecule has 2 heterocycles. The van der Waals surface area contributed by atoms with Crippen LogP contribution in [0, 0.1) is 0 Å². The molecule has 0 saturated heterocycles. The lowest BCUT2D eigenvalue weighted by molar-refractivity contribution is 0.0634. The van der Waals surface area contributed by atoms with Crippen LogP contribution in [0.25, 0.3) is 0 Å².